The van der Waals surface area contributed by atoms with Crippen molar-refractivity contribution >= 4 is 33.2 Å². The molecule has 2 aromatic carbocycles. The Morgan fingerprint density at radius 1 is 1.31 bits per heavy atom. The number of hydrogen-bond donors (Lipinski definition) is 1. The Bertz CT molecular complexity index is 815. The Morgan fingerprint density at radius 3 is 2.88 bits per heavy atom. The standard InChI is InChI=1S/C18H18BrN3O4/c19-14-5-3-4-13(10-14)17-11-21(8-9-26-17)12-18(23)20-15-6-1-2-7-16(15)22(24)25/h1-7,10,17H,8-9,11-12H2,(H,20,23). The van der Waals surface area contributed by atoms with Crippen LogP contribution in [0.3, 0.4) is 0 Å². The van der Waals surface area contributed by atoms with Crippen LogP contribution in [0.5, 0.6) is 0 Å². The Kier molecular flexibility index (Phi) is 5.97. The molecule has 0 radical (unpaired) electrons. The molecule has 0 bridgehead atoms. The van der Waals surface area contributed by atoms with Gasteiger partial charge in [0.15, 0.2) is 0 Å². The summed E-state index contributed by atoms with van der Waals surface area (Å²) in [6.07, 6.45) is -0.111. The van der Waals surface area contributed by atoms with Crippen molar-refractivity contribution in [1.82, 2.24) is 4.90 Å². The number of morpholine rings is 1. The van der Waals surface area contributed by atoms with Crippen molar-refractivity contribution in [2.45, 2.75) is 6.10 Å². The van der Waals surface area contributed by atoms with Gasteiger partial charge in [-0.2, -0.15) is 0 Å². The number of benzene rings is 2. The average molecular weight is 420 g/mol. The summed E-state index contributed by atoms with van der Waals surface area (Å²) in [5.74, 6) is -0.283. The molecule has 8 heteroatoms. The minimum atomic E-state index is -0.506. The number of nitrogens with zero attached hydrogens (tertiary/aromatic N) is 2. The number of rotatable bonds is 5. The first-order valence-electron chi connectivity index (χ1n) is 8.15. The van der Waals surface area contributed by atoms with Gasteiger partial charge in [0.2, 0.25) is 5.91 Å². The highest BCUT2D eigenvalue weighted by molar-refractivity contribution is 9.10. The van der Waals surface area contributed by atoms with E-state index in [1.54, 1.807) is 12.1 Å². The number of carbonyl (C=O) groups excluding carboxylic acids is 1. The number of amides is 1. The first-order chi connectivity index (χ1) is 12.5. The van der Waals surface area contributed by atoms with E-state index >= 15 is 0 Å². The summed E-state index contributed by atoms with van der Waals surface area (Å²) in [4.78, 5) is 24.9. The smallest absolute Gasteiger partial charge is 0.292 e. The first kappa shape index (κ1) is 18.5. The van der Waals surface area contributed by atoms with Crippen LogP contribution in [0, 0.1) is 10.1 Å². The highest BCUT2D eigenvalue weighted by Crippen LogP contribution is 2.25. The van der Waals surface area contributed by atoms with Crippen molar-refractivity contribution in [1.29, 1.82) is 0 Å². The maximum atomic E-state index is 12.3. The zero-order chi connectivity index (χ0) is 18.5. The molecule has 3 rings (SSSR count). The van der Waals surface area contributed by atoms with Gasteiger partial charge in [0.25, 0.3) is 5.69 Å². The zero-order valence-corrected chi connectivity index (χ0v) is 15.5. The number of nitro groups is 1. The second-order valence-electron chi connectivity index (χ2n) is 5.97. The number of halogens is 1. The van der Waals surface area contributed by atoms with E-state index in [-0.39, 0.29) is 29.9 Å². The van der Waals surface area contributed by atoms with E-state index in [1.165, 1.54) is 12.1 Å². The molecular weight excluding hydrogens is 402 g/mol. The van der Waals surface area contributed by atoms with E-state index < -0.39 is 4.92 Å². The predicted molar refractivity (Wildman–Crippen MR) is 101 cm³/mol. The van der Waals surface area contributed by atoms with Crippen LogP contribution in [0.1, 0.15) is 11.7 Å². The lowest BCUT2D eigenvalue weighted by Gasteiger charge is -2.32. The maximum Gasteiger partial charge on any atom is 0.292 e. The number of ether oxygens (including phenoxy) is 1. The number of carbonyl (C=O) groups is 1. The summed E-state index contributed by atoms with van der Waals surface area (Å²) in [5, 5.41) is 13.7. The van der Waals surface area contributed by atoms with Gasteiger partial charge in [0.1, 0.15) is 5.69 Å². The SMILES string of the molecule is O=C(CN1CCOC(c2cccc(Br)c2)C1)Nc1ccccc1[N+](=O)[O-]. The van der Waals surface area contributed by atoms with Crippen LogP contribution in [0.15, 0.2) is 53.0 Å². The summed E-state index contributed by atoms with van der Waals surface area (Å²) in [6.45, 7) is 1.89. The van der Waals surface area contributed by atoms with Crippen LogP contribution < -0.4 is 5.32 Å². The van der Waals surface area contributed by atoms with Crippen molar-refractivity contribution in [3.8, 4) is 0 Å². The van der Waals surface area contributed by atoms with Crippen molar-refractivity contribution in [2.24, 2.45) is 0 Å². The first-order valence-corrected chi connectivity index (χ1v) is 8.95. The Hall–Kier alpha value is -2.29. The van der Waals surface area contributed by atoms with Gasteiger partial charge in [0.05, 0.1) is 24.2 Å². The summed E-state index contributed by atoms with van der Waals surface area (Å²) in [6, 6.07) is 14.0. The predicted octanol–water partition coefficient (Wildman–Crippen LogP) is 3.37. The Balaban J connectivity index is 1.62. The average Bonchev–Trinajstić information content (AvgIpc) is 2.62. The monoisotopic (exact) mass is 419 g/mol. The molecular formula is C18H18BrN3O4. The summed E-state index contributed by atoms with van der Waals surface area (Å²) < 4.78 is 6.79. The van der Waals surface area contributed by atoms with Gasteiger partial charge in [-0.05, 0) is 23.8 Å². The second kappa shape index (κ2) is 8.39. The van der Waals surface area contributed by atoms with Crippen LogP contribution >= 0.6 is 15.9 Å². The van der Waals surface area contributed by atoms with Crippen LogP contribution in [-0.4, -0.2) is 42.0 Å². The van der Waals surface area contributed by atoms with Crippen LogP contribution in [0.4, 0.5) is 11.4 Å². The van der Waals surface area contributed by atoms with Gasteiger partial charge in [-0.1, -0.05) is 40.2 Å². The summed E-state index contributed by atoms with van der Waals surface area (Å²) >= 11 is 3.45. The molecule has 1 fully saturated rings. The molecule has 2 aromatic rings. The molecule has 0 aromatic heterocycles. The maximum absolute atomic E-state index is 12.3. The molecule has 0 spiro atoms. The molecule has 7 nitrogen and oxygen atoms in total. The van der Waals surface area contributed by atoms with Gasteiger partial charge in [-0.3, -0.25) is 19.8 Å². The molecule has 1 atom stereocenters. The van der Waals surface area contributed by atoms with Crippen molar-refractivity contribution < 1.29 is 14.5 Å². The van der Waals surface area contributed by atoms with Gasteiger partial charge in [0, 0.05) is 23.6 Å². The summed E-state index contributed by atoms with van der Waals surface area (Å²) in [7, 11) is 0. The summed E-state index contributed by atoms with van der Waals surface area (Å²) in [5.41, 5.74) is 1.14. The van der Waals surface area contributed by atoms with Gasteiger partial charge >= 0.3 is 0 Å². The molecule has 0 saturated carbocycles. The van der Waals surface area contributed by atoms with Gasteiger partial charge < -0.3 is 10.1 Å². The number of anilines is 1. The van der Waals surface area contributed by atoms with E-state index in [0.717, 1.165) is 10.0 Å². The zero-order valence-electron chi connectivity index (χ0n) is 13.9. The molecule has 1 unspecified atom stereocenters. The highest BCUT2D eigenvalue weighted by atomic mass is 79.9. The lowest BCUT2D eigenvalue weighted by molar-refractivity contribution is -0.383. The normalized spacial score (nSPS) is 17.7. The number of para-hydroxylation sites is 2. The Morgan fingerprint density at radius 2 is 2.12 bits per heavy atom. The lowest BCUT2D eigenvalue weighted by Crippen LogP contribution is -2.42. The second-order valence-corrected chi connectivity index (χ2v) is 6.89. The third-order valence-electron chi connectivity index (χ3n) is 4.11. The van der Waals surface area contributed by atoms with E-state index in [4.69, 9.17) is 4.74 Å². The van der Waals surface area contributed by atoms with Gasteiger partial charge in [-0.15, -0.1) is 0 Å². The number of nitrogens with one attached hydrogen (secondary N) is 1. The molecule has 136 valence electrons. The van der Waals surface area contributed by atoms with Crippen molar-refractivity contribution in [3.05, 3.63) is 68.7 Å². The topological polar surface area (TPSA) is 84.7 Å². The number of hydrogen-bond acceptors (Lipinski definition) is 5. The molecule has 1 saturated heterocycles. The molecule has 0 aliphatic carbocycles. The fourth-order valence-electron chi connectivity index (χ4n) is 2.89. The number of nitro benzene ring substituents is 1. The third-order valence-corrected chi connectivity index (χ3v) is 4.61. The quantitative estimate of drug-likeness (QED) is 0.592. The molecule has 26 heavy (non-hydrogen) atoms. The minimum Gasteiger partial charge on any atom is -0.371 e. The lowest BCUT2D eigenvalue weighted by atomic mass is 10.1. The van der Waals surface area contributed by atoms with Crippen LogP contribution in [-0.2, 0) is 9.53 Å². The van der Waals surface area contributed by atoms with Crippen molar-refractivity contribution in [2.75, 3.05) is 31.6 Å². The fourth-order valence-corrected chi connectivity index (χ4v) is 3.30. The minimum absolute atomic E-state index is 0.111. The third kappa shape index (κ3) is 4.66. The molecule has 1 N–H and O–H groups in total. The van der Waals surface area contributed by atoms with Crippen LogP contribution in [0.25, 0.3) is 0 Å². The fraction of sp³-hybridized carbons (Fsp3) is 0.278. The molecule has 1 amide bonds. The van der Waals surface area contributed by atoms with Gasteiger partial charge in [-0.25, -0.2) is 0 Å². The Labute approximate surface area is 159 Å². The van der Waals surface area contributed by atoms with E-state index in [2.05, 4.69) is 21.2 Å². The molecule has 1 aliphatic heterocycles. The largest absolute Gasteiger partial charge is 0.371 e. The molecule has 1 heterocycles. The van der Waals surface area contributed by atoms with Crippen LogP contribution in [0.2, 0.25) is 0 Å². The molecule has 1 aliphatic rings. The van der Waals surface area contributed by atoms with E-state index in [0.29, 0.717) is 19.7 Å². The van der Waals surface area contributed by atoms with E-state index in [1.807, 2.05) is 29.2 Å². The highest BCUT2D eigenvalue weighted by Gasteiger charge is 2.24. The van der Waals surface area contributed by atoms with Crippen molar-refractivity contribution in [3.63, 3.8) is 0 Å². The van der Waals surface area contributed by atoms with E-state index in [9.17, 15) is 14.9 Å².